The first kappa shape index (κ1) is 13.7. The summed E-state index contributed by atoms with van der Waals surface area (Å²) in [6.07, 6.45) is 0. The van der Waals surface area contributed by atoms with Crippen LogP contribution in [0.2, 0.25) is 0 Å². The molecule has 1 aromatic carbocycles. The van der Waals surface area contributed by atoms with Crippen LogP contribution in [0, 0.1) is 0 Å². The zero-order valence-electron chi connectivity index (χ0n) is 10.7. The average molecular weight is 276 g/mol. The molecule has 104 valence electrons. The Kier molecular flexibility index (Phi) is 3.79. The van der Waals surface area contributed by atoms with E-state index in [2.05, 4.69) is 10.1 Å². The second-order valence-corrected chi connectivity index (χ2v) is 4.08. The van der Waals surface area contributed by atoms with Gasteiger partial charge in [0.05, 0.1) is 11.1 Å². The van der Waals surface area contributed by atoms with Gasteiger partial charge in [0.2, 0.25) is 0 Å². The summed E-state index contributed by atoms with van der Waals surface area (Å²) in [6, 6.07) is 6.31. The van der Waals surface area contributed by atoms with Crippen molar-refractivity contribution in [1.29, 1.82) is 0 Å². The molecule has 1 aliphatic heterocycles. The molecule has 0 spiro atoms. The second kappa shape index (κ2) is 5.52. The van der Waals surface area contributed by atoms with Crippen molar-refractivity contribution in [2.24, 2.45) is 0 Å². The fourth-order valence-electron chi connectivity index (χ4n) is 1.78. The third-order valence-electron chi connectivity index (χ3n) is 2.81. The predicted octanol–water partition coefficient (Wildman–Crippen LogP) is -0.428. The van der Waals surface area contributed by atoms with Crippen LogP contribution in [0.3, 0.4) is 0 Å². The van der Waals surface area contributed by atoms with Crippen molar-refractivity contribution in [3.63, 3.8) is 0 Å². The number of nitrogens with one attached hydrogen (secondary N) is 1. The van der Waals surface area contributed by atoms with Crippen LogP contribution in [0.15, 0.2) is 24.3 Å². The fraction of sp³-hybridized carbons (Fsp3) is 0.231. The van der Waals surface area contributed by atoms with Gasteiger partial charge in [-0.3, -0.25) is 24.1 Å². The number of amides is 3. The van der Waals surface area contributed by atoms with Gasteiger partial charge in [0, 0.05) is 7.05 Å². The molecule has 3 amide bonds. The minimum atomic E-state index is -0.817. The Morgan fingerprint density at radius 2 is 1.70 bits per heavy atom. The van der Waals surface area contributed by atoms with E-state index in [1.165, 1.54) is 19.2 Å². The monoisotopic (exact) mass is 276 g/mol. The van der Waals surface area contributed by atoms with Gasteiger partial charge in [0.25, 0.3) is 17.7 Å². The normalized spacial score (nSPS) is 13.2. The van der Waals surface area contributed by atoms with Crippen LogP contribution in [0.1, 0.15) is 20.7 Å². The maximum Gasteiger partial charge on any atom is 0.326 e. The quantitative estimate of drug-likeness (QED) is 0.595. The molecular weight excluding hydrogens is 264 g/mol. The fourth-order valence-corrected chi connectivity index (χ4v) is 1.78. The van der Waals surface area contributed by atoms with E-state index in [0.717, 1.165) is 4.90 Å². The number of imide groups is 1. The molecule has 0 radical (unpaired) electrons. The molecule has 7 heteroatoms. The van der Waals surface area contributed by atoms with Crippen LogP contribution >= 0.6 is 0 Å². The molecule has 0 aliphatic carbocycles. The van der Waals surface area contributed by atoms with E-state index in [-0.39, 0.29) is 11.1 Å². The molecule has 0 fully saturated rings. The van der Waals surface area contributed by atoms with E-state index in [1.54, 1.807) is 12.1 Å². The molecule has 1 aromatic rings. The van der Waals surface area contributed by atoms with Crippen LogP contribution in [-0.2, 0) is 14.3 Å². The Balaban J connectivity index is 2.02. The predicted molar refractivity (Wildman–Crippen MR) is 66.8 cm³/mol. The highest BCUT2D eigenvalue weighted by atomic mass is 16.5. The van der Waals surface area contributed by atoms with Crippen LogP contribution in [0.5, 0.6) is 0 Å². The highest BCUT2D eigenvalue weighted by Crippen LogP contribution is 2.21. The minimum Gasteiger partial charge on any atom is -0.454 e. The lowest BCUT2D eigenvalue weighted by molar-refractivity contribution is -0.148. The summed E-state index contributed by atoms with van der Waals surface area (Å²) in [5.74, 6) is -2.37. The van der Waals surface area contributed by atoms with E-state index in [9.17, 15) is 19.2 Å². The molecule has 0 bridgehead atoms. The van der Waals surface area contributed by atoms with Gasteiger partial charge in [-0.05, 0) is 12.1 Å². The van der Waals surface area contributed by atoms with Crippen molar-refractivity contribution in [1.82, 2.24) is 10.2 Å². The molecule has 0 saturated heterocycles. The first-order chi connectivity index (χ1) is 9.54. The summed E-state index contributed by atoms with van der Waals surface area (Å²) < 4.78 is 4.66. The van der Waals surface area contributed by atoms with Crippen LogP contribution < -0.4 is 5.32 Å². The molecule has 20 heavy (non-hydrogen) atoms. The lowest BCUT2D eigenvalue weighted by Gasteiger charge is -2.12. The number of ether oxygens (including phenoxy) is 1. The number of carbonyl (C=O) groups is 4. The van der Waals surface area contributed by atoms with Gasteiger partial charge < -0.3 is 10.1 Å². The summed E-state index contributed by atoms with van der Waals surface area (Å²) in [6.45, 7) is -0.957. The number of esters is 1. The number of rotatable bonds is 4. The highest BCUT2D eigenvalue weighted by molar-refractivity contribution is 6.22. The summed E-state index contributed by atoms with van der Waals surface area (Å²) in [4.78, 5) is 47.2. The zero-order valence-corrected chi connectivity index (χ0v) is 10.7. The second-order valence-electron chi connectivity index (χ2n) is 4.08. The smallest absolute Gasteiger partial charge is 0.326 e. The Hall–Kier alpha value is -2.70. The summed E-state index contributed by atoms with van der Waals surface area (Å²) in [5, 5.41) is 2.28. The Bertz CT molecular complexity index is 561. The molecule has 2 rings (SSSR count). The first-order valence-electron chi connectivity index (χ1n) is 5.86. The van der Waals surface area contributed by atoms with E-state index < -0.39 is 36.8 Å². The van der Waals surface area contributed by atoms with Gasteiger partial charge >= 0.3 is 5.97 Å². The lowest BCUT2D eigenvalue weighted by Crippen LogP contribution is -2.37. The van der Waals surface area contributed by atoms with Gasteiger partial charge in [0.1, 0.15) is 6.54 Å². The van der Waals surface area contributed by atoms with Gasteiger partial charge in [-0.25, -0.2) is 0 Å². The van der Waals surface area contributed by atoms with E-state index in [1.807, 2.05) is 0 Å². The van der Waals surface area contributed by atoms with Crippen molar-refractivity contribution in [3.8, 4) is 0 Å². The summed E-state index contributed by atoms with van der Waals surface area (Å²) in [5.41, 5.74) is 0.521. The van der Waals surface area contributed by atoms with Crippen molar-refractivity contribution in [2.75, 3.05) is 20.2 Å². The third kappa shape index (κ3) is 2.51. The lowest BCUT2D eigenvalue weighted by atomic mass is 10.1. The number of benzene rings is 1. The van der Waals surface area contributed by atoms with Gasteiger partial charge in [-0.15, -0.1) is 0 Å². The van der Waals surface area contributed by atoms with Crippen LogP contribution in [0.4, 0.5) is 0 Å². The number of fused-ring (bicyclic) bond motifs is 1. The molecule has 0 saturated carbocycles. The average Bonchev–Trinajstić information content (AvgIpc) is 2.70. The topological polar surface area (TPSA) is 92.8 Å². The van der Waals surface area contributed by atoms with Crippen molar-refractivity contribution >= 4 is 23.7 Å². The van der Waals surface area contributed by atoms with Crippen molar-refractivity contribution < 1.29 is 23.9 Å². The summed E-state index contributed by atoms with van der Waals surface area (Å²) >= 11 is 0. The van der Waals surface area contributed by atoms with Crippen LogP contribution in [-0.4, -0.2) is 48.8 Å². The van der Waals surface area contributed by atoms with E-state index >= 15 is 0 Å². The van der Waals surface area contributed by atoms with Crippen LogP contribution in [0.25, 0.3) is 0 Å². The Morgan fingerprint density at radius 3 is 2.20 bits per heavy atom. The van der Waals surface area contributed by atoms with Crippen molar-refractivity contribution in [3.05, 3.63) is 35.4 Å². The molecule has 7 nitrogen and oxygen atoms in total. The molecule has 0 aromatic heterocycles. The number of hydrogen-bond donors (Lipinski definition) is 1. The van der Waals surface area contributed by atoms with Gasteiger partial charge in [0.15, 0.2) is 6.61 Å². The Morgan fingerprint density at radius 1 is 1.15 bits per heavy atom. The number of likely N-dealkylation sites (N-methyl/N-ethyl adjacent to an activating group) is 1. The standard InChI is InChI=1S/C13H12N2O5/c1-14-10(16)7-20-11(17)6-15-12(18)8-4-2-3-5-9(8)13(15)19/h2-5H,6-7H2,1H3,(H,14,16). The maximum absolute atomic E-state index is 12.0. The molecule has 0 atom stereocenters. The third-order valence-corrected chi connectivity index (χ3v) is 2.81. The Labute approximate surface area is 114 Å². The molecular formula is C13H12N2O5. The molecule has 1 aliphatic rings. The highest BCUT2D eigenvalue weighted by Gasteiger charge is 2.36. The molecule has 0 unspecified atom stereocenters. The number of nitrogens with zero attached hydrogens (tertiary/aromatic N) is 1. The number of carbonyl (C=O) groups excluding carboxylic acids is 4. The molecule has 1 N–H and O–H groups in total. The van der Waals surface area contributed by atoms with E-state index in [0.29, 0.717) is 0 Å². The summed E-state index contributed by atoms with van der Waals surface area (Å²) in [7, 11) is 1.40. The zero-order chi connectivity index (χ0) is 14.7. The first-order valence-corrected chi connectivity index (χ1v) is 5.86. The molecule has 1 heterocycles. The van der Waals surface area contributed by atoms with E-state index in [4.69, 9.17) is 0 Å². The largest absolute Gasteiger partial charge is 0.454 e. The van der Waals surface area contributed by atoms with Crippen molar-refractivity contribution in [2.45, 2.75) is 0 Å². The maximum atomic E-state index is 12.0. The van der Waals surface area contributed by atoms with Gasteiger partial charge in [-0.2, -0.15) is 0 Å². The van der Waals surface area contributed by atoms with Gasteiger partial charge in [-0.1, -0.05) is 12.1 Å². The minimum absolute atomic E-state index is 0.261. The number of hydrogen-bond acceptors (Lipinski definition) is 5. The SMILES string of the molecule is CNC(=O)COC(=O)CN1C(=O)c2ccccc2C1=O.